The molecule has 6 N–H and O–H groups in total. The third-order valence-corrected chi connectivity index (χ3v) is 15.5. The Kier molecular flexibility index (Phi) is 17.1. The summed E-state index contributed by atoms with van der Waals surface area (Å²) in [5.74, 6) is -8.00. The summed E-state index contributed by atoms with van der Waals surface area (Å²) in [7, 11) is 3.51. The van der Waals surface area contributed by atoms with E-state index in [0.29, 0.717) is 50.6 Å². The van der Waals surface area contributed by atoms with Crippen LogP contribution in [-0.4, -0.2) is 168 Å². The lowest BCUT2D eigenvalue weighted by Crippen LogP contribution is -2.47. The number of nitrogens with one attached hydrogen (secondary N) is 2. The Balaban J connectivity index is 1.26. The number of aliphatic hydroxyl groups excluding tert-OH is 2. The number of aromatic hydroxyl groups is 2. The van der Waals surface area contributed by atoms with Crippen LogP contribution in [0.2, 0.25) is 0 Å². The number of esters is 1. The number of phenols is 2. The molecule has 0 radical (unpaired) electrons. The van der Waals surface area contributed by atoms with Crippen molar-refractivity contribution in [3.8, 4) is 17.2 Å². The van der Waals surface area contributed by atoms with Crippen LogP contribution in [0.1, 0.15) is 90.6 Å². The number of aliphatic hydroxyl groups is 2. The predicted octanol–water partition coefficient (Wildman–Crippen LogP) is 3.48. The fourth-order valence-corrected chi connectivity index (χ4v) is 10.9. The second kappa shape index (κ2) is 22.6. The Morgan fingerprint density at radius 3 is 2.26 bits per heavy atom. The maximum absolute atomic E-state index is 14.9. The number of hydrogen-bond acceptors (Lipinski definition) is 17. The van der Waals surface area contributed by atoms with E-state index in [0.717, 1.165) is 32.7 Å². The van der Waals surface area contributed by atoms with Gasteiger partial charge in [0.2, 0.25) is 5.91 Å². The minimum absolute atomic E-state index is 0.0264. The van der Waals surface area contributed by atoms with E-state index < -0.39 is 101 Å². The number of fused-ring (bicyclic) bond motifs is 13. The standard InChI is InChI=1S/C54H77N7O12/c1-29(2)28-61-19-16-54(17-20-61)57-42-39-40-47(66)35(8)50-41(39)51(68)53(9,73-50)71-26-15-36(70-11)32(5)49(72-38(63)27-37(62)55-18-21-60-24-22-59(10)23-25-60)34(7)46(65)33(6)45(64)30(3)13-12-14-31(4)52(69)56-44(48(40)67)43(42)58-54/h12-15,26,29-30,32-34,36,45-46,49,57,64-67H,16-25,27-28H2,1-11H3,(H,55,62)/b13-12+,26-15+,31-14-,56-44?/t30-,32+,33+,34+,36-,45-,46+,49+,53-/m0/s1. The first kappa shape index (κ1) is 55.3. The van der Waals surface area contributed by atoms with Gasteiger partial charge < -0.3 is 59.8 Å². The molecule has 9 atom stereocenters. The number of anilines is 1. The summed E-state index contributed by atoms with van der Waals surface area (Å²) in [5.41, 5.74) is -0.236. The van der Waals surface area contributed by atoms with Crippen LogP contribution >= 0.6 is 0 Å². The van der Waals surface area contributed by atoms with Crippen LogP contribution in [0, 0.1) is 36.5 Å². The molecule has 6 aliphatic heterocycles. The first-order valence-electron chi connectivity index (χ1n) is 25.8. The van der Waals surface area contributed by atoms with Gasteiger partial charge in [-0.1, -0.05) is 59.8 Å². The van der Waals surface area contributed by atoms with E-state index in [-0.39, 0.29) is 43.9 Å². The number of ether oxygens (including phenoxy) is 4. The molecule has 2 fully saturated rings. The zero-order chi connectivity index (χ0) is 53.3. The van der Waals surface area contributed by atoms with Crippen LogP contribution < -0.4 is 26.1 Å². The van der Waals surface area contributed by atoms with E-state index in [1.54, 1.807) is 53.7 Å². The molecule has 1 spiro atoms. The highest BCUT2D eigenvalue weighted by molar-refractivity contribution is 6.21. The second-order valence-electron chi connectivity index (χ2n) is 21.5. The molecule has 19 nitrogen and oxygen atoms in total. The van der Waals surface area contributed by atoms with E-state index in [2.05, 4.69) is 51.2 Å². The molecule has 0 saturated carbocycles. The van der Waals surface area contributed by atoms with Crippen molar-refractivity contribution in [2.75, 3.05) is 78.4 Å². The monoisotopic (exact) mass is 1020 g/mol. The molecular weight excluding hydrogens is 939 g/mol. The Bertz CT molecular complexity index is 2650. The van der Waals surface area contributed by atoms with E-state index in [4.69, 9.17) is 23.9 Å². The number of nitrogens with zero attached hydrogens (tertiary/aromatic N) is 5. The number of benzene rings is 2. The number of rotatable bonds is 9. The highest BCUT2D eigenvalue weighted by atomic mass is 16.7. The summed E-state index contributed by atoms with van der Waals surface area (Å²) in [5, 5.41) is 54.1. The lowest BCUT2D eigenvalue weighted by molar-refractivity contribution is -0.164. The number of allylic oxidation sites excluding steroid dienone is 2. The van der Waals surface area contributed by atoms with Gasteiger partial charge in [-0.15, -0.1) is 0 Å². The average Bonchev–Trinajstić information content (AvgIpc) is 3.85. The molecule has 2 saturated heterocycles. The molecule has 5 bridgehead atoms. The number of piperidine rings is 1. The number of carbonyl (C=O) groups excluding carboxylic acids is 4. The van der Waals surface area contributed by atoms with Gasteiger partial charge in [-0.25, -0.2) is 4.99 Å². The summed E-state index contributed by atoms with van der Waals surface area (Å²) < 4.78 is 24.6. The van der Waals surface area contributed by atoms with Crippen molar-refractivity contribution in [3.05, 3.63) is 58.0 Å². The molecule has 2 aromatic rings. The fraction of sp³-hybridized carbons (Fsp3) is 0.630. The van der Waals surface area contributed by atoms with Gasteiger partial charge in [-0.3, -0.25) is 29.1 Å². The molecule has 8 rings (SSSR count). The summed E-state index contributed by atoms with van der Waals surface area (Å²) >= 11 is 0. The van der Waals surface area contributed by atoms with Gasteiger partial charge in [0.25, 0.3) is 11.7 Å². The Morgan fingerprint density at radius 2 is 1.60 bits per heavy atom. The number of likely N-dealkylation sites (N-methyl/N-ethyl adjacent to an activating group) is 1. The van der Waals surface area contributed by atoms with Gasteiger partial charge in [-0.2, -0.15) is 0 Å². The third kappa shape index (κ3) is 11.6. The number of hydrogen-bond donors (Lipinski definition) is 6. The van der Waals surface area contributed by atoms with Crippen molar-refractivity contribution >= 4 is 40.0 Å². The summed E-state index contributed by atoms with van der Waals surface area (Å²) in [4.78, 5) is 72.1. The number of Topliss-reactive ketones (excluding diaryl/α,β-unsaturated/α-hetero) is 1. The summed E-state index contributed by atoms with van der Waals surface area (Å²) in [6.07, 6.45) is 3.84. The maximum Gasteiger partial charge on any atom is 0.315 e. The molecule has 400 valence electrons. The van der Waals surface area contributed by atoms with Crippen LogP contribution in [0.5, 0.6) is 17.2 Å². The number of likely N-dealkylation sites (tertiary alicyclic amines) is 1. The molecule has 19 heteroatoms. The maximum atomic E-state index is 14.9. The SMILES string of the molecule is CO[C@H]1/C=C/O[C@@]2(C)Oc3c(C)c(O)c4c(O)c(c5c(c4c3C2=O)NC2(CCN(CC(C)C)CC2)N=5)=NC(=O)/C(C)=C\C=C\[C@H](C)[C@H](O)[C@@H](C)[C@@H](O)[C@@H](C)[C@H](OC(=O)CC(=O)NCCN2CCN(C)CC2)[C@@H]1C. The van der Waals surface area contributed by atoms with Crippen LogP contribution in [0.3, 0.4) is 0 Å². The number of amides is 2. The molecule has 0 unspecified atom stereocenters. The number of piperazine rings is 1. The Labute approximate surface area is 428 Å². The number of phenolic OH excluding ortho intramolecular Hbond substituents is 2. The zero-order valence-electron chi connectivity index (χ0n) is 44.4. The van der Waals surface area contributed by atoms with Crippen molar-refractivity contribution in [1.29, 1.82) is 0 Å². The van der Waals surface area contributed by atoms with Crippen molar-refractivity contribution in [2.24, 2.45) is 39.6 Å². The topological polar surface area (TPSA) is 245 Å². The fourth-order valence-electron chi connectivity index (χ4n) is 10.9. The first-order valence-corrected chi connectivity index (χ1v) is 25.8. The van der Waals surface area contributed by atoms with Gasteiger partial charge in [0.1, 0.15) is 40.4 Å². The number of methoxy groups -OCH3 is 1. The van der Waals surface area contributed by atoms with E-state index in [1.165, 1.54) is 32.4 Å². The van der Waals surface area contributed by atoms with Crippen molar-refractivity contribution < 1.29 is 58.6 Å². The molecule has 0 aromatic heterocycles. The average molecular weight is 1020 g/mol. The van der Waals surface area contributed by atoms with Crippen LogP contribution in [0.4, 0.5) is 5.69 Å². The van der Waals surface area contributed by atoms with Gasteiger partial charge >= 0.3 is 11.8 Å². The normalized spacial score (nSPS) is 31.0. The van der Waals surface area contributed by atoms with Gasteiger partial charge in [0.15, 0.2) is 5.75 Å². The highest BCUT2D eigenvalue weighted by Crippen LogP contribution is 2.51. The van der Waals surface area contributed by atoms with Crippen molar-refractivity contribution in [3.63, 3.8) is 0 Å². The quantitative estimate of drug-likeness (QED) is 0.120. The van der Waals surface area contributed by atoms with Crippen LogP contribution in [0.25, 0.3) is 10.8 Å². The van der Waals surface area contributed by atoms with E-state index in [9.17, 15) is 39.6 Å². The molecule has 6 aliphatic rings. The largest absolute Gasteiger partial charge is 0.507 e. The summed E-state index contributed by atoms with van der Waals surface area (Å²) in [6, 6.07) is 0. The molecule has 6 heterocycles. The van der Waals surface area contributed by atoms with Gasteiger partial charge in [0.05, 0.1) is 41.2 Å². The zero-order valence-corrected chi connectivity index (χ0v) is 44.4. The first-order chi connectivity index (χ1) is 34.5. The smallest absolute Gasteiger partial charge is 0.315 e. The predicted molar refractivity (Wildman–Crippen MR) is 274 cm³/mol. The highest BCUT2D eigenvalue weighted by Gasteiger charge is 2.51. The van der Waals surface area contributed by atoms with Crippen molar-refractivity contribution in [1.82, 2.24) is 20.0 Å². The summed E-state index contributed by atoms with van der Waals surface area (Å²) in [6.45, 7) is 22.7. The molecule has 2 aromatic carbocycles. The van der Waals surface area contributed by atoms with Gasteiger partial charge in [0, 0.05) is 126 Å². The molecular formula is C54H77N7O12. The van der Waals surface area contributed by atoms with Crippen LogP contribution in [0.15, 0.2) is 46.1 Å². The van der Waals surface area contributed by atoms with Crippen LogP contribution in [-0.2, 0) is 28.6 Å². The van der Waals surface area contributed by atoms with E-state index >= 15 is 0 Å². The van der Waals surface area contributed by atoms with E-state index in [1.807, 2.05) is 0 Å². The molecule has 2 amide bonds. The molecule has 0 aliphatic carbocycles. The van der Waals surface area contributed by atoms with Crippen molar-refractivity contribution in [2.45, 2.75) is 117 Å². The Morgan fingerprint density at radius 1 is 0.918 bits per heavy atom. The second-order valence-corrected chi connectivity index (χ2v) is 21.5. The lowest BCUT2D eigenvalue weighted by Gasteiger charge is -2.38. The lowest BCUT2D eigenvalue weighted by atomic mass is 9.78. The number of ketones is 1. The molecule has 73 heavy (non-hydrogen) atoms. The number of carbonyl (C=O) groups is 4. The third-order valence-electron chi connectivity index (χ3n) is 15.5. The minimum Gasteiger partial charge on any atom is -0.507 e. The van der Waals surface area contributed by atoms with Gasteiger partial charge in [-0.05, 0) is 32.9 Å². The minimum atomic E-state index is -2.01. The Hall–Kier alpha value is -5.44.